The van der Waals surface area contributed by atoms with Crippen molar-refractivity contribution in [3.8, 4) is 10.7 Å². The van der Waals surface area contributed by atoms with E-state index in [1.165, 1.54) is 4.88 Å². The lowest BCUT2D eigenvalue weighted by Gasteiger charge is -2.09. The van der Waals surface area contributed by atoms with Gasteiger partial charge in [-0.15, -0.1) is 11.3 Å². The van der Waals surface area contributed by atoms with Crippen LogP contribution in [0, 0.1) is 6.92 Å². The zero-order valence-electron chi connectivity index (χ0n) is 12.0. The summed E-state index contributed by atoms with van der Waals surface area (Å²) in [5.74, 6) is 1.63. The molecule has 1 aromatic carbocycles. The van der Waals surface area contributed by atoms with Crippen LogP contribution in [0.4, 0.5) is 5.82 Å². The molecular weight excluding hydrogens is 302 g/mol. The molecule has 0 unspecified atom stereocenters. The number of aryl methyl sites for hydroxylation is 1. The predicted molar refractivity (Wildman–Crippen MR) is 91.4 cm³/mol. The quantitative estimate of drug-likeness (QED) is 0.723. The molecule has 0 aliphatic rings. The van der Waals surface area contributed by atoms with E-state index < -0.39 is 0 Å². The van der Waals surface area contributed by atoms with Gasteiger partial charge in [-0.2, -0.15) is 0 Å². The number of aromatic nitrogens is 2. The van der Waals surface area contributed by atoms with E-state index in [2.05, 4.69) is 36.3 Å². The third kappa shape index (κ3) is 3.01. The Hall–Kier alpha value is -1.65. The zero-order valence-corrected chi connectivity index (χ0v) is 13.6. The smallest absolute Gasteiger partial charge is 0.172 e. The molecule has 0 aliphatic carbocycles. The van der Waals surface area contributed by atoms with Gasteiger partial charge in [-0.05, 0) is 43.7 Å². The number of rotatable bonds is 4. The van der Waals surface area contributed by atoms with Crippen molar-refractivity contribution < 1.29 is 0 Å². The van der Waals surface area contributed by atoms with Crippen molar-refractivity contribution in [3.63, 3.8) is 0 Å². The average molecular weight is 318 g/mol. The lowest BCUT2D eigenvalue weighted by molar-refractivity contribution is 0.970. The van der Waals surface area contributed by atoms with Crippen molar-refractivity contribution in [2.45, 2.75) is 20.3 Å². The first-order valence-corrected chi connectivity index (χ1v) is 8.15. The van der Waals surface area contributed by atoms with Crippen LogP contribution in [-0.2, 0) is 0 Å². The van der Waals surface area contributed by atoms with E-state index in [-0.39, 0.29) is 0 Å². The maximum absolute atomic E-state index is 6.10. The molecule has 1 N–H and O–H groups in total. The van der Waals surface area contributed by atoms with Crippen LogP contribution in [0.5, 0.6) is 0 Å². The van der Waals surface area contributed by atoms with Crippen LogP contribution in [0.25, 0.3) is 21.6 Å². The van der Waals surface area contributed by atoms with Crippen molar-refractivity contribution in [1.29, 1.82) is 0 Å². The molecule has 3 aromatic rings. The third-order valence-electron chi connectivity index (χ3n) is 3.16. The molecule has 0 spiro atoms. The number of nitrogens with zero attached hydrogens (tertiary/aromatic N) is 2. The summed E-state index contributed by atoms with van der Waals surface area (Å²) < 4.78 is 0. The van der Waals surface area contributed by atoms with Gasteiger partial charge in [0.05, 0.1) is 10.4 Å². The Morgan fingerprint density at radius 3 is 2.76 bits per heavy atom. The number of halogens is 1. The van der Waals surface area contributed by atoms with E-state index in [0.717, 1.165) is 40.4 Å². The Balaban J connectivity index is 2.17. The lowest BCUT2D eigenvalue weighted by atomic mass is 10.2. The first-order valence-electron chi connectivity index (χ1n) is 6.95. The Morgan fingerprint density at radius 1 is 1.19 bits per heavy atom. The number of hydrogen-bond acceptors (Lipinski definition) is 4. The van der Waals surface area contributed by atoms with Crippen molar-refractivity contribution in [2.75, 3.05) is 11.9 Å². The molecule has 0 atom stereocenters. The van der Waals surface area contributed by atoms with Gasteiger partial charge in [0, 0.05) is 21.8 Å². The van der Waals surface area contributed by atoms with Crippen LogP contribution in [0.3, 0.4) is 0 Å². The number of hydrogen-bond donors (Lipinski definition) is 1. The monoisotopic (exact) mass is 317 g/mol. The zero-order chi connectivity index (χ0) is 14.8. The standard InChI is InChI=1S/C16H16ClN3S/c1-3-8-18-15-12-6-5-11(17)9-13(12)19-16(20-15)14-7-4-10(2)21-14/h4-7,9H,3,8H2,1-2H3,(H,18,19,20). The topological polar surface area (TPSA) is 37.8 Å². The average Bonchev–Trinajstić information content (AvgIpc) is 2.90. The van der Waals surface area contributed by atoms with Gasteiger partial charge in [-0.3, -0.25) is 0 Å². The van der Waals surface area contributed by atoms with Gasteiger partial charge in [0.1, 0.15) is 5.82 Å². The molecule has 0 radical (unpaired) electrons. The Bertz CT molecular complexity index is 782. The molecule has 0 bridgehead atoms. The van der Waals surface area contributed by atoms with Crippen molar-refractivity contribution in [1.82, 2.24) is 9.97 Å². The number of thiophene rings is 1. The normalized spacial score (nSPS) is 11.0. The van der Waals surface area contributed by atoms with Gasteiger partial charge >= 0.3 is 0 Å². The molecule has 2 heterocycles. The molecule has 0 fully saturated rings. The molecule has 0 aliphatic heterocycles. The Labute approximate surface area is 133 Å². The molecule has 0 amide bonds. The summed E-state index contributed by atoms with van der Waals surface area (Å²) in [6.07, 6.45) is 1.05. The summed E-state index contributed by atoms with van der Waals surface area (Å²) in [6, 6.07) is 9.89. The molecule has 3 nitrogen and oxygen atoms in total. The van der Waals surface area contributed by atoms with Crippen molar-refractivity contribution in [3.05, 3.63) is 40.2 Å². The minimum absolute atomic E-state index is 0.691. The van der Waals surface area contributed by atoms with E-state index in [1.54, 1.807) is 11.3 Å². The van der Waals surface area contributed by atoms with Gasteiger partial charge in [0.2, 0.25) is 0 Å². The van der Waals surface area contributed by atoms with E-state index in [0.29, 0.717) is 5.02 Å². The second kappa shape index (κ2) is 6.00. The number of benzene rings is 1. The van der Waals surface area contributed by atoms with Crippen LogP contribution < -0.4 is 5.32 Å². The summed E-state index contributed by atoms with van der Waals surface area (Å²) in [7, 11) is 0. The van der Waals surface area contributed by atoms with Crippen LogP contribution >= 0.6 is 22.9 Å². The highest BCUT2D eigenvalue weighted by atomic mass is 35.5. The summed E-state index contributed by atoms with van der Waals surface area (Å²) in [5.41, 5.74) is 0.872. The molecule has 2 aromatic heterocycles. The fraction of sp³-hybridized carbons (Fsp3) is 0.250. The lowest BCUT2D eigenvalue weighted by Crippen LogP contribution is -2.04. The fourth-order valence-corrected chi connectivity index (χ4v) is 3.11. The van der Waals surface area contributed by atoms with E-state index in [9.17, 15) is 0 Å². The largest absolute Gasteiger partial charge is 0.369 e. The van der Waals surface area contributed by atoms with Gasteiger partial charge in [-0.1, -0.05) is 18.5 Å². The number of anilines is 1. The fourth-order valence-electron chi connectivity index (χ4n) is 2.15. The molecule has 21 heavy (non-hydrogen) atoms. The molecule has 5 heteroatoms. The maximum Gasteiger partial charge on any atom is 0.172 e. The summed E-state index contributed by atoms with van der Waals surface area (Å²) in [6.45, 7) is 5.11. The molecule has 0 saturated carbocycles. The predicted octanol–water partition coefficient (Wildman–Crippen LogP) is 5.14. The SMILES string of the molecule is CCCNc1nc(-c2ccc(C)s2)nc2cc(Cl)ccc12. The number of fused-ring (bicyclic) bond motifs is 1. The van der Waals surface area contributed by atoms with Crippen LogP contribution in [-0.4, -0.2) is 16.5 Å². The minimum Gasteiger partial charge on any atom is -0.369 e. The van der Waals surface area contributed by atoms with Gasteiger partial charge in [-0.25, -0.2) is 9.97 Å². The van der Waals surface area contributed by atoms with E-state index >= 15 is 0 Å². The van der Waals surface area contributed by atoms with Crippen LogP contribution in [0.1, 0.15) is 18.2 Å². The molecule has 0 saturated heterocycles. The van der Waals surface area contributed by atoms with Gasteiger partial charge < -0.3 is 5.32 Å². The van der Waals surface area contributed by atoms with Gasteiger partial charge in [0.15, 0.2) is 5.82 Å². The minimum atomic E-state index is 0.691. The number of nitrogens with one attached hydrogen (secondary N) is 1. The highest BCUT2D eigenvalue weighted by Crippen LogP contribution is 2.30. The van der Waals surface area contributed by atoms with Gasteiger partial charge in [0.25, 0.3) is 0 Å². The second-order valence-electron chi connectivity index (χ2n) is 4.89. The van der Waals surface area contributed by atoms with E-state index in [4.69, 9.17) is 16.6 Å². The maximum atomic E-state index is 6.10. The first kappa shape index (κ1) is 14.3. The van der Waals surface area contributed by atoms with Crippen LogP contribution in [0.2, 0.25) is 5.02 Å². The highest BCUT2D eigenvalue weighted by molar-refractivity contribution is 7.15. The summed E-state index contributed by atoms with van der Waals surface area (Å²) in [4.78, 5) is 11.7. The molecular formula is C16H16ClN3S. The summed E-state index contributed by atoms with van der Waals surface area (Å²) >= 11 is 7.80. The first-order chi connectivity index (χ1) is 10.2. The third-order valence-corrected chi connectivity index (χ3v) is 4.39. The van der Waals surface area contributed by atoms with Crippen molar-refractivity contribution >= 4 is 39.7 Å². The Kier molecular flexibility index (Phi) is 4.08. The van der Waals surface area contributed by atoms with Crippen molar-refractivity contribution in [2.24, 2.45) is 0 Å². The molecule has 3 rings (SSSR count). The second-order valence-corrected chi connectivity index (χ2v) is 6.62. The summed E-state index contributed by atoms with van der Waals surface area (Å²) in [5, 5.41) is 5.08. The molecule has 108 valence electrons. The van der Waals surface area contributed by atoms with E-state index in [1.807, 2.05) is 18.2 Å². The highest BCUT2D eigenvalue weighted by Gasteiger charge is 2.11. The van der Waals surface area contributed by atoms with Crippen LogP contribution in [0.15, 0.2) is 30.3 Å². The Morgan fingerprint density at radius 2 is 2.05 bits per heavy atom.